The Labute approximate surface area is 164 Å². The summed E-state index contributed by atoms with van der Waals surface area (Å²) in [4.78, 5) is 16.8. The molecule has 5 heteroatoms. The highest BCUT2D eigenvalue weighted by atomic mass is 16.6. The summed E-state index contributed by atoms with van der Waals surface area (Å²) in [6.45, 7) is 1.97. The molecule has 0 aliphatic rings. The third kappa shape index (κ3) is 6.61. The smallest absolute Gasteiger partial charge is 0.339 e. The summed E-state index contributed by atoms with van der Waals surface area (Å²) in [5, 5.41) is 13.4. The third-order valence-electron chi connectivity index (χ3n) is 3.74. The van der Waals surface area contributed by atoms with Crippen molar-refractivity contribution in [3.63, 3.8) is 0 Å². The summed E-state index contributed by atoms with van der Waals surface area (Å²) in [6, 6.07) is 17.1. The van der Waals surface area contributed by atoms with Crippen LogP contribution in [0.3, 0.4) is 0 Å². The number of methoxy groups -OCH3 is 1. The Morgan fingerprint density at radius 3 is 2.50 bits per heavy atom. The standard InChI is InChI=1S/C23H23NO4/c1-18(10-6-7-13-19-11-4-3-5-12-19)24-28-16-20-14-8-9-15-21(20)22(17-27-2)23(25)26/h3-15,17H,16H2,1-2H3,(H,25,26). The van der Waals surface area contributed by atoms with Gasteiger partial charge in [0.05, 0.1) is 19.1 Å². The highest BCUT2D eigenvalue weighted by molar-refractivity contribution is 6.15. The minimum Gasteiger partial charge on any atom is -0.503 e. The number of ether oxygens (including phenoxy) is 1. The van der Waals surface area contributed by atoms with Gasteiger partial charge in [-0.25, -0.2) is 4.79 Å². The fourth-order valence-electron chi connectivity index (χ4n) is 2.42. The molecular formula is C23H23NO4. The molecule has 2 rings (SSSR count). The largest absolute Gasteiger partial charge is 0.503 e. The van der Waals surface area contributed by atoms with Gasteiger partial charge in [-0.1, -0.05) is 78.0 Å². The van der Waals surface area contributed by atoms with Crippen molar-refractivity contribution in [3.05, 3.63) is 95.8 Å². The molecule has 2 aromatic carbocycles. The van der Waals surface area contributed by atoms with Crippen molar-refractivity contribution in [1.29, 1.82) is 0 Å². The van der Waals surface area contributed by atoms with Crippen LogP contribution in [-0.2, 0) is 21.0 Å². The SMILES string of the molecule is COC=C(C(=O)O)c1ccccc1CON=C(C)C=CC=Cc1ccccc1. The van der Waals surface area contributed by atoms with Crippen LogP contribution >= 0.6 is 0 Å². The molecule has 0 atom stereocenters. The molecule has 0 fully saturated rings. The van der Waals surface area contributed by atoms with E-state index in [0.29, 0.717) is 16.8 Å². The van der Waals surface area contributed by atoms with Gasteiger partial charge in [-0.2, -0.15) is 0 Å². The van der Waals surface area contributed by atoms with Gasteiger partial charge in [0.2, 0.25) is 0 Å². The maximum absolute atomic E-state index is 11.4. The van der Waals surface area contributed by atoms with E-state index < -0.39 is 5.97 Å². The number of carboxylic acids is 1. The highest BCUT2D eigenvalue weighted by Crippen LogP contribution is 2.20. The minimum absolute atomic E-state index is 0.0633. The molecule has 0 aromatic heterocycles. The Morgan fingerprint density at radius 2 is 1.79 bits per heavy atom. The van der Waals surface area contributed by atoms with Gasteiger partial charge in [0, 0.05) is 5.56 Å². The van der Waals surface area contributed by atoms with Gasteiger partial charge in [0.15, 0.2) is 0 Å². The number of allylic oxidation sites excluding steroid dienone is 3. The Bertz CT molecular complexity index is 896. The molecule has 0 aliphatic heterocycles. The summed E-state index contributed by atoms with van der Waals surface area (Å²) < 4.78 is 4.88. The average Bonchev–Trinajstić information content (AvgIpc) is 2.70. The number of benzene rings is 2. The first-order valence-electron chi connectivity index (χ1n) is 8.72. The van der Waals surface area contributed by atoms with Crippen LogP contribution in [0.25, 0.3) is 11.6 Å². The topological polar surface area (TPSA) is 68.1 Å². The van der Waals surface area contributed by atoms with E-state index in [0.717, 1.165) is 5.56 Å². The van der Waals surface area contributed by atoms with Gasteiger partial charge < -0.3 is 14.7 Å². The Balaban J connectivity index is 1.98. The number of nitrogens with zero attached hydrogens (tertiary/aromatic N) is 1. The maximum Gasteiger partial charge on any atom is 0.339 e. The van der Waals surface area contributed by atoms with Crippen molar-refractivity contribution < 1.29 is 19.5 Å². The van der Waals surface area contributed by atoms with Gasteiger partial charge >= 0.3 is 5.97 Å². The van der Waals surface area contributed by atoms with E-state index in [1.165, 1.54) is 13.4 Å². The van der Waals surface area contributed by atoms with Gasteiger partial charge in [-0.15, -0.1) is 0 Å². The van der Waals surface area contributed by atoms with Gasteiger partial charge in [0.1, 0.15) is 12.2 Å². The number of carboxylic acid groups (broad SMARTS) is 1. The first kappa shape index (κ1) is 20.7. The molecule has 144 valence electrons. The molecule has 2 aromatic rings. The Kier molecular flexibility index (Phi) is 8.27. The second kappa shape index (κ2) is 11.2. The molecule has 0 amide bonds. The molecule has 0 unspecified atom stereocenters. The minimum atomic E-state index is -1.07. The van der Waals surface area contributed by atoms with E-state index in [4.69, 9.17) is 9.57 Å². The summed E-state index contributed by atoms with van der Waals surface area (Å²) in [7, 11) is 1.41. The van der Waals surface area contributed by atoms with E-state index in [-0.39, 0.29) is 12.2 Å². The lowest BCUT2D eigenvalue weighted by molar-refractivity contribution is -0.130. The lowest BCUT2D eigenvalue weighted by Crippen LogP contribution is -2.04. The maximum atomic E-state index is 11.4. The number of hydrogen-bond donors (Lipinski definition) is 1. The molecular weight excluding hydrogens is 354 g/mol. The monoisotopic (exact) mass is 377 g/mol. The predicted octanol–water partition coefficient (Wildman–Crippen LogP) is 4.92. The quantitative estimate of drug-likeness (QED) is 0.221. The summed E-state index contributed by atoms with van der Waals surface area (Å²) in [5.41, 5.74) is 3.12. The molecule has 0 radical (unpaired) electrons. The van der Waals surface area contributed by atoms with Gasteiger partial charge in [0.25, 0.3) is 0 Å². The summed E-state index contributed by atoms with van der Waals surface area (Å²) >= 11 is 0. The normalized spacial score (nSPS) is 12.5. The number of aliphatic carboxylic acids is 1. The van der Waals surface area contributed by atoms with Crippen molar-refractivity contribution >= 4 is 23.3 Å². The molecule has 0 aliphatic carbocycles. The molecule has 1 N–H and O–H groups in total. The van der Waals surface area contributed by atoms with Gasteiger partial charge in [-0.3, -0.25) is 0 Å². The van der Waals surface area contributed by atoms with Crippen molar-refractivity contribution in [1.82, 2.24) is 0 Å². The van der Waals surface area contributed by atoms with E-state index in [9.17, 15) is 9.90 Å². The molecule has 0 heterocycles. The van der Waals surface area contributed by atoms with Crippen LogP contribution in [-0.4, -0.2) is 23.9 Å². The predicted molar refractivity (Wildman–Crippen MR) is 112 cm³/mol. The molecule has 5 nitrogen and oxygen atoms in total. The van der Waals surface area contributed by atoms with Crippen LogP contribution in [0.2, 0.25) is 0 Å². The lowest BCUT2D eigenvalue weighted by Gasteiger charge is -2.09. The number of hydrogen-bond acceptors (Lipinski definition) is 4. The highest BCUT2D eigenvalue weighted by Gasteiger charge is 2.15. The number of carbonyl (C=O) groups is 1. The second-order valence-corrected chi connectivity index (χ2v) is 5.86. The zero-order valence-electron chi connectivity index (χ0n) is 15.9. The van der Waals surface area contributed by atoms with Crippen LogP contribution < -0.4 is 0 Å². The molecule has 0 spiro atoms. The Morgan fingerprint density at radius 1 is 1.07 bits per heavy atom. The summed E-state index contributed by atoms with van der Waals surface area (Å²) in [5.74, 6) is -1.07. The number of oxime groups is 1. The van der Waals surface area contributed by atoms with E-state index in [1.807, 2.05) is 67.6 Å². The van der Waals surface area contributed by atoms with Crippen LogP contribution in [0.4, 0.5) is 0 Å². The second-order valence-electron chi connectivity index (χ2n) is 5.86. The van der Waals surface area contributed by atoms with E-state index >= 15 is 0 Å². The van der Waals surface area contributed by atoms with Crippen LogP contribution in [0.1, 0.15) is 23.6 Å². The average molecular weight is 377 g/mol. The van der Waals surface area contributed by atoms with Crippen LogP contribution in [0.5, 0.6) is 0 Å². The van der Waals surface area contributed by atoms with Crippen LogP contribution in [0, 0.1) is 0 Å². The molecule has 0 bridgehead atoms. The number of rotatable bonds is 9. The van der Waals surface area contributed by atoms with Crippen molar-refractivity contribution in [3.8, 4) is 0 Å². The van der Waals surface area contributed by atoms with Crippen LogP contribution in [0.15, 0.2) is 84.2 Å². The van der Waals surface area contributed by atoms with Crippen molar-refractivity contribution in [2.45, 2.75) is 13.5 Å². The van der Waals surface area contributed by atoms with E-state index in [1.54, 1.807) is 18.2 Å². The molecule has 0 saturated carbocycles. The van der Waals surface area contributed by atoms with Gasteiger partial charge in [-0.05, 0) is 24.1 Å². The first-order chi connectivity index (χ1) is 13.6. The third-order valence-corrected chi connectivity index (χ3v) is 3.74. The van der Waals surface area contributed by atoms with Crippen molar-refractivity contribution in [2.24, 2.45) is 5.16 Å². The zero-order chi connectivity index (χ0) is 20.2. The molecule has 28 heavy (non-hydrogen) atoms. The molecule has 0 saturated heterocycles. The zero-order valence-corrected chi connectivity index (χ0v) is 15.9. The summed E-state index contributed by atoms with van der Waals surface area (Å²) in [6.07, 6.45) is 8.85. The van der Waals surface area contributed by atoms with Crippen molar-refractivity contribution in [2.75, 3.05) is 7.11 Å². The Hall–Kier alpha value is -3.60. The lowest BCUT2D eigenvalue weighted by atomic mass is 10.0. The fraction of sp³-hybridized carbons (Fsp3) is 0.130. The van der Waals surface area contributed by atoms with E-state index in [2.05, 4.69) is 5.16 Å². The first-order valence-corrected chi connectivity index (χ1v) is 8.72. The fourth-order valence-corrected chi connectivity index (χ4v) is 2.42.